The van der Waals surface area contributed by atoms with Gasteiger partial charge in [0.05, 0.1) is 17.1 Å². The number of amides is 1. The summed E-state index contributed by atoms with van der Waals surface area (Å²) in [5, 5.41) is 3.73. The number of nitrogens with zero attached hydrogens (tertiary/aromatic N) is 1. The van der Waals surface area contributed by atoms with Crippen LogP contribution in [0.25, 0.3) is 0 Å². The van der Waals surface area contributed by atoms with Crippen molar-refractivity contribution >= 4 is 44.8 Å². The normalized spacial score (nSPS) is 15.7. The minimum absolute atomic E-state index is 0.0730. The average Bonchev–Trinajstić information content (AvgIpc) is 2.78. The lowest BCUT2D eigenvalue weighted by Gasteiger charge is -2.34. The van der Waals surface area contributed by atoms with Crippen molar-refractivity contribution in [2.45, 2.75) is 17.5 Å². The molecule has 1 aliphatic heterocycles. The average molecular weight is 477 g/mol. The van der Waals surface area contributed by atoms with Crippen LogP contribution in [0.5, 0.6) is 5.75 Å². The van der Waals surface area contributed by atoms with Crippen LogP contribution in [0.3, 0.4) is 0 Å². The fourth-order valence-corrected chi connectivity index (χ4v) is 5.04. The number of halogens is 2. The van der Waals surface area contributed by atoms with Crippen molar-refractivity contribution < 1.29 is 17.9 Å². The molecule has 3 aromatic rings. The molecule has 1 atom stereocenters. The van der Waals surface area contributed by atoms with Crippen LogP contribution in [0.2, 0.25) is 10.0 Å². The lowest BCUT2D eigenvalue weighted by Crippen LogP contribution is -2.50. The summed E-state index contributed by atoms with van der Waals surface area (Å²) >= 11 is 12.0. The Kier molecular flexibility index (Phi) is 6.09. The lowest BCUT2D eigenvalue weighted by molar-refractivity contribution is -0.127. The summed E-state index contributed by atoms with van der Waals surface area (Å²) in [6.45, 7) is 0.0281. The van der Waals surface area contributed by atoms with E-state index in [9.17, 15) is 13.2 Å². The quantitative estimate of drug-likeness (QED) is 0.596. The minimum Gasteiger partial charge on any atom is -0.476 e. The van der Waals surface area contributed by atoms with Gasteiger partial charge in [-0.2, -0.15) is 0 Å². The molecule has 0 unspecified atom stereocenters. The van der Waals surface area contributed by atoms with Gasteiger partial charge >= 0.3 is 0 Å². The zero-order chi connectivity index (χ0) is 22.0. The number of anilines is 1. The first-order chi connectivity index (χ1) is 14.9. The van der Waals surface area contributed by atoms with Gasteiger partial charge in [0, 0.05) is 16.6 Å². The molecule has 6 nitrogen and oxygen atoms in total. The number of carbonyl (C=O) groups is 1. The van der Waals surface area contributed by atoms with Crippen LogP contribution in [-0.2, 0) is 21.4 Å². The summed E-state index contributed by atoms with van der Waals surface area (Å²) in [6.07, 6.45) is -1.03. The van der Waals surface area contributed by atoms with Crippen molar-refractivity contribution in [1.29, 1.82) is 0 Å². The summed E-state index contributed by atoms with van der Waals surface area (Å²) in [4.78, 5) is 12.9. The Bertz CT molecular complexity index is 1220. The van der Waals surface area contributed by atoms with Crippen LogP contribution >= 0.6 is 23.2 Å². The van der Waals surface area contributed by atoms with E-state index in [1.807, 2.05) is 6.07 Å². The molecular formula is C22H18Cl2N2O4S. The van der Waals surface area contributed by atoms with Gasteiger partial charge in [-0.05, 0) is 48.0 Å². The van der Waals surface area contributed by atoms with Gasteiger partial charge in [-0.1, -0.05) is 53.5 Å². The summed E-state index contributed by atoms with van der Waals surface area (Å²) in [5.41, 5.74) is 1.12. The molecule has 0 fully saturated rings. The maximum Gasteiger partial charge on any atom is 0.264 e. The van der Waals surface area contributed by atoms with E-state index in [1.165, 1.54) is 28.6 Å². The third-order valence-electron chi connectivity index (χ3n) is 4.84. The lowest BCUT2D eigenvalue weighted by atomic mass is 10.2. The molecular weight excluding hydrogens is 459 g/mol. The summed E-state index contributed by atoms with van der Waals surface area (Å²) in [5.74, 6) is -0.130. The van der Waals surface area contributed by atoms with Gasteiger partial charge < -0.3 is 10.1 Å². The zero-order valence-corrected chi connectivity index (χ0v) is 18.5. The van der Waals surface area contributed by atoms with Crippen LogP contribution in [0.4, 0.5) is 5.69 Å². The van der Waals surface area contributed by atoms with Crippen LogP contribution in [-0.4, -0.2) is 27.0 Å². The molecule has 0 aliphatic carbocycles. The number of hydrogen-bond acceptors (Lipinski definition) is 4. The number of fused-ring (bicyclic) bond motifs is 1. The van der Waals surface area contributed by atoms with Gasteiger partial charge in [0.2, 0.25) is 0 Å². The van der Waals surface area contributed by atoms with Crippen LogP contribution in [0, 0.1) is 0 Å². The first kappa shape index (κ1) is 21.5. The van der Waals surface area contributed by atoms with Crippen molar-refractivity contribution in [1.82, 2.24) is 5.32 Å². The molecule has 0 radical (unpaired) electrons. The second kappa shape index (κ2) is 8.78. The van der Waals surface area contributed by atoms with Gasteiger partial charge in [-0.3, -0.25) is 9.10 Å². The minimum atomic E-state index is -3.94. The first-order valence-electron chi connectivity index (χ1n) is 9.41. The third kappa shape index (κ3) is 4.49. The number of carbonyl (C=O) groups excluding carboxylic acids is 1. The van der Waals surface area contributed by atoms with Crippen molar-refractivity contribution in [3.8, 4) is 5.75 Å². The number of para-hydroxylation sites is 2. The first-order valence-corrected chi connectivity index (χ1v) is 11.6. The SMILES string of the molecule is O=C(NCc1ccccc1Cl)[C@@H]1CN(S(=O)(=O)c2ccc(Cl)cc2)c2ccccc2O1. The van der Waals surface area contributed by atoms with E-state index in [-0.39, 0.29) is 18.0 Å². The van der Waals surface area contributed by atoms with Crippen LogP contribution in [0.15, 0.2) is 77.7 Å². The predicted molar refractivity (Wildman–Crippen MR) is 120 cm³/mol. The highest BCUT2D eigenvalue weighted by Crippen LogP contribution is 2.37. The fraction of sp³-hybridized carbons (Fsp3) is 0.136. The van der Waals surface area contributed by atoms with E-state index in [4.69, 9.17) is 27.9 Å². The monoisotopic (exact) mass is 476 g/mol. The summed E-state index contributed by atoms with van der Waals surface area (Å²) in [7, 11) is -3.94. The molecule has 0 saturated heterocycles. The predicted octanol–water partition coefficient (Wildman–Crippen LogP) is 4.27. The molecule has 31 heavy (non-hydrogen) atoms. The standard InChI is InChI=1S/C22H18Cl2N2O4S/c23-16-9-11-17(12-10-16)31(28,29)26-14-21(30-20-8-4-3-7-19(20)26)22(27)25-13-15-5-1-2-6-18(15)24/h1-12,21H,13-14H2,(H,25,27)/t21-/m0/s1. The Morgan fingerprint density at radius 3 is 2.42 bits per heavy atom. The number of ether oxygens (including phenoxy) is 1. The van der Waals surface area contributed by atoms with E-state index in [0.29, 0.717) is 21.5 Å². The smallest absolute Gasteiger partial charge is 0.264 e. The zero-order valence-electron chi connectivity index (χ0n) is 16.2. The van der Waals surface area contributed by atoms with Crippen molar-refractivity contribution in [3.63, 3.8) is 0 Å². The van der Waals surface area contributed by atoms with E-state index in [0.717, 1.165) is 5.56 Å². The van der Waals surface area contributed by atoms with Crippen molar-refractivity contribution in [2.24, 2.45) is 0 Å². The number of hydrogen-bond donors (Lipinski definition) is 1. The van der Waals surface area contributed by atoms with Gasteiger partial charge in [0.1, 0.15) is 5.75 Å². The molecule has 160 valence electrons. The highest BCUT2D eigenvalue weighted by atomic mass is 35.5. The van der Waals surface area contributed by atoms with Crippen molar-refractivity contribution in [3.05, 3.63) is 88.4 Å². The van der Waals surface area contributed by atoms with Crippen LogP contribution < -0.4 is 14.4 Å². The maximum absolute atomic E-state index is 13.3. The van der Waals surface area contributed by atoms with Gasteiger partial charge in [-0.25, -0.2) is 8.42 Å². The Balaban J connectivity index is 1.60. The maximum atomic E-state index is 13.3. The second-order valence-corrected chi connectivity index (χ2v) is 9.58. The van der Waals surface area contributed by atoms with Crippen LogP contribution in [0.1, 0.15) is 5.56 Å². The van der Waals surface area contributed by atoms with E-state index in [2.05, 4.69) is 5.32 Å². The van der Waals surface area contributed by atoms with E-state index < -0.39 is 22.0 Å². The van der Waals surface area contributed by atoms with E-state index >= 15 is 0 Å². The highest BCUT2D eigenvalue weighted by molar-refractivity contribution is 7.92. The molecule has 0 spiro atoms. The highest BCUT2D eigenvalue weighted by Gasteiger charge is 2.37. The third-order valence-corrected chi connectivity index (χ3v) is 7.25. The molecule has 1 heterocycles. The summed E-state index contributed by atoms with van der Waals surface area (Å²) in [6, 6.07) is 19.7. The summed E-state index contributed by atoms with van der Waals surface area (Å²) < 4.78 is 33.7. The van der Waals surface area contributed by atoms with Gasteiger partial charge in [-0.15, -0.1) is 0 Å². The second-order valence-electron chi connectivity index (χ2n) is 6.87. The molecule has 9 heteroatoms. The Morgan fingerprint density at radius 1 is 1.00 bits per heavy atom. The molecule has 1 N–H and O–H groups in total. The van der Waals surface area contributed by atoms with Crippen molar-refractivity contribution in [2.75, 3.05) is 10.8 Å². The molecule has 0 bridgehead atoms. The number of sulfonamides is 1. The topological polar surface area (TPSA) is 75.7 Å². The van der Waals surface area contributed by atoms with Gasteiger partial charge in [0.25, 0.3) is 15.9 Å². The molecule has 1 aliphatic rings. The molecule has 3 aromatic carbocycles. The Morgan fingerprint density at radius 2 is 1.68 bits per heavy atom. The van der Waals surface area contributed by atoms with Gasteiger partial charge in [0.15, 0.2) is 6.10 Å². The molecule has 0 aromatic heterocycles. The molecule has 1 amide bonds. The van der Waals surface area contributed by atoms with E-state index in [1.54, 1.807) is 42.5 Å². The number of nitrogens with one attached hydrogen (secondary N) is 1. The fourth-order valence-electron chi connectivity index (χ4n) is 3.24. The molecule has 0 saturated carbocycles. The number of benzene rings is 3. The number of rotatable bonds is 5. The largest absolute Gasteiger partial charge is 0.476 e. The Labute approximate surface area is 190 Å². The Hall–Kier alpha value is -2.74. The molecule has 4 rings (SSSR count).